The highest BCUT2D eigenvalue weighted by Crippen LogP contribution is 2.59. The maximum Gasteiger partial charge on any atom is 0.307 e. The maximum absolute atomic E-state index is 13.0. The van der Waals surface area contributed by atoms with Crippen LogP contribution in [0, 0.1) is 11.3 Å². The van der Waals surface area contributed by atoms with E-state index in [1.54, 1.807) is 7.11 Å². The number of carbonyl (C=O) groups excluding carboxylic acids is 1. The van der Waals surface area contributed by atoms with Gasteiger partial charge in [-0.1, -0.05) is 24.3 Å². The molecule has 0 aromatic heterocycles. The van der Waals surface area contributed by atoms with E-state index in [0.29, 0.717) is 18.7 Å². The first-order valence-corrected chi connectivity index (χ1v) is 8.63. The van der Waals surface area contributed by atoms with Crippen molar-refractivity contribution in [1.82, 2.24) is 4.90 Å². The van der Waals surface area contributed by atoms with Gasteiger partial charge in [-0.3, -0.25) is 9.59 Å². The van der Waals surface area contributed by atoms with E-state index in [0.717, 1.165) is 35.8 Å². The maximum atomic E-state index is 13.0. The van der Waals surface area contributed by atoms with Crippen molar-refractivity contribution in [3.63, 3.8) is 0 Å². The van der Waals surface area contributed by atoms with Crippen molar-refractivity contribution >= 4 is 22.6 Å². The normalized spacial score (nSPS) is 21.3. The second kappa shape index (κ2) is 5.76. The molecule has 0 bridgehead atoms. The lowest BCUT2D eigenvalue weighted by molar-refractivity contribution is -0.139. The van der Waals surface area contributed by atoms with E-state index in [1.807, 2.05) is 41.3 Å². The molecule has 1 heterocycles. The van der Waals surface area contributed by atoms with Gasteiger partial charge in [0.25, 0.3) is 5.91 Å². The average Bonchev–Trinajstić information content (AvgIpc) is 3.34. The average molecular weight is 339 g/mol. The van der Waals surface area contributed by atoms with Gasteiger partial charge in [0.05, 0.1) is 13.0 Å². The molecule has 2 aliphatic rings. The first-order valence-electron chi connectivity index (χ1n) is 8.63. The van der Waals surface area contributed by atoms with Crippen LogP contribution in [-0.2, 0) is 4.79 Å². The molecule has 25 heavy (non-hydrogen) atoms. The zero-order chi connectivity index (χ0) is 17.6. The van der Waals surface area contributed by atoms with Gasteiger partial charge in [-0.05, 0) is 42.2 Å². The highest BCUT2D eigenvalue weighted by atomic mass is 16.5. The van der Waals surface area contributed by atoms with Gasteiger partial charge in [0.2, 0.25) is 0 Å². The number of methoxy groups -OCH3 is 1. The minimum absolute atomic E-state index is 0.0150. The van der Waals surface area contributed by atoms with Crippen molar-refractivity contribution in [2.75, 3.05) is 20.2 Å². The lowest BCUT2D eigenvalue weighted by Gasteiger charge is -2.33. The number of benzene rings is 2. The van der Waals surface area contributed by atoms with Crippen molar-refractivity contribution in [3.05, 3.63) is 42.0 Å². The Hall–Kier alpha value is -2.56. The summed E-state index contributed by atoms with van der Waals surface area (Å²) in [5, 5.41) is 11.0. The number of fused-ring (bicyclic) bond motifs is 1. The molecule has 130 valence electrons. The van der Waals surface area contributed by atoms with Gasteiger partial charge >= 0.3 is 5.97 Å². The summed E-state index contributed by atoms with van der Waals surface area (Å²) >= 11 is 0. The van der Waals surface area contributed by atoms with E-state index in [-0.39, 0.29) is 17.2 Å². The van der Waals surface area contributed by atoms with Crippen LogP contribution in [0.5, 0.6) is 5.75 Å². The number of hydrogen-bond acceptors (Lipinski definition) is 3. The van der Waals surface area contributed by atoms with E-state index in [9.17, 15) is 14.7 Å². The molecule has 1 spiro atoms. The number of carbonyl (C=O) groups is 2. The van der Waals surface area contributed by atoms with E-state index < -0.39 is 5.97 Å². The Labute approximate surface area is 146 Å². The number of ether oxygens (including phenoxy) is 1. The molecule has 1 aliphatic heterocycles. The van der Waals surface area contributed by atoms with Gasteiger partial charge in [0.15, 0.2) is 0 Å². The Morgan fingerprint density at radius 1 is 1.12 bits per heavy atom. The molecular formula is C20H21NO4. The second-order valence-corrected chi connectivity index (χ2v) is 7.11. The third-order valence-electron chi connectivity index (χ3n) is 5.87. The van der Waals surface area contributed by atoms with Crippen LogP contribution in [0.1, 0.15) is 29.6 Å². The predicted octanol–water partition coefficient (Wildman–Crippen LogP) is 3.18. The van der Waals surface area contributed by atoms with Gasteiger partial charge in [-0.15, -0.1) is 0 Å². The number of likely N-dealkylation sites (tertiary alicyclic amines) is 1. The van der Waals surface area contributed by atoms with Crippen molar-refractivity contribution in [3.8, 4) is 5.75 Å². The number of nitrogens with zero attached hydrogens (tertiary/aromatic N) is 1. The summed E-state index contributed by atoms with van der Waals surface area (Å²) in [4.78, 5) is 26.1. The summed E-state index contributed by atoms with van der Waals surface area (Å²) in [6, 6.07) is 11.4. The van der Waals surface area contributed by atoms with Gasteiger partial charge in [-0.2, -0.15) is 0 Å². The fraction of sp³-hybridized carbons (Fsp3) is 0.400. The minimum atomic E-state index is -0.694. The standard InChI is InChI=1S/C20H21NO4/c1-25-17-7-6-15(13-4-2-3-5-14(13)17)18(22)21-10-8-20(9-11-21)12-16(20)19(23)24/h2-7,16H,8-12H2,1H3,(H,23,24)/t16-/m0/s1. The number of rotatable bonds is 3. The monoisotopic (exact) mass is 339 g/mol. The topological polar surface area (TPSA) is 66.8 Å². The minimum Gasteiger partial charge on any atom is -0.496 e. The summed E-state index contributed by atoms with van der Waals surface area (Å²) in [6.45, 7) is 1.26. The molecule has 1 aliphatic carbocycles. The molecule has 1 saturated carbocycles. The van der Waals surface area contributed by atoms with Crippen LogP contribution in [0.15, 0.2) is 36.4 Å². The van der Waals surface area contributed by atoms with Crippen molar-refractivity contribution < 1.29 is 19.4 Å². The van der Waals surface area contributed by atoms with Crippen molar-refractivity contribution in [1.29, 1.82) is 0 Å². The van der Waals surface area contributed by atoms with Crippen molar-refractivity contribution in [2.24, 2.45) is 11.3 Å². The molecule has 1 N–H and O–H groups in total. The number of carboxylic acids is 1. The zero-order valence-corrected chi connectivity index (χ0v) is 14.2. The van der Waals surface area contributed by atoms with E-state index in [4.69, 9.17) is 4.74 Å². The van der Waals surface area contributed by atoms with Crippen LogP contribution in [0.4, 0.5) is 0 Å². The molecule has 1 atom stereocenters. The first-order chi connectivity index (χ1) is 12.1. The van der Waals surface area contributed by atoms with E-state index >= 15 is 0 Å². The molecule has 2 aromatic carbocycles. The molecule has 2 aromatic rings. The largest absolute Gasteiger partial charge is 0.496 e. The molecule has 4 rings (SSSR count). The van der Waals surface area contributed by atoms with E-state index in [2.05, 4.69) is 0 Å². The Bertz CT molecular complexity index is 852. The van der Waals surface area contributed by atoms with Crippen LogP contribution in [0.25, 0.3) is 10.8 Å². The SMILES string of the molecule is COc1ccc(C(=O)N2CCC3(CC2)C[C@H]3C(=O)O)c2ccccc12. The fourth-order valence-electron chi connectivity index (χ4n) is 4.21. The lowest BCUT2D eigenvalue weighted by atomic mass is 9.90. The molecule has 2 fully saturated rings. The smallest absolute Gasteiger partial charge is 0.307 e. The molecule has 0 radical (unpaired) electrons. The van der Waals surface area contributed by atoms with Gasteiger partial charge < -0.3 is 14.7 Å². The summed E-state index contributed by atoms with van der Waals surface area (Å²) in [5.41, 5.74) is 0.614. The second-order valence-electron chi connectivity index (χ2n) is 7.11. The molecule has 5 heteroatoms. The highest BCUT2D eigenvalue weighted by molar-refractivity contribution is 6.08. The van der Waals surface area contributed by atoms with Crippen LogP contribution < -0.4 is 4.74 Å². The number of aliphatic carboxylic acids is 1. The lowest BCUT2D eigenvalue weighted by Crippen LogP contribution is -2.40. The number of hydrogen-bond donors (Lipinski definition) is 1. The molecule has 5 nitrogen and oxygen atoms in total. The summed E-state index contributed by atoms with van der Waals surface area (Å²) in [6.07, 6.45) is 2.32. The summed E-state index contributed by atoms with van der Waals surface area (Å²) in [5.74, 6) is -0.138. The Morgan fingerprint density at radius 3 is 2.40 bits per heavy atom. The van der Waals surface area contributed by atoms with E-state index in [1.165, 1.54) is 0 Å². The number of carboxylic acid groups (broad SMARTS) is 1. The third-order valence-corrected chi connectivity index (χ3v) is 5.87. The number of piperidine rings is 1. The predicted molar refractivity (Wildman–Crippen MR) is 93.8 cm³/mol. The highest BCUT2D eigenvalue weighted by Gasteiger charge is 2.59. The third kappa shape index (κ3) is 2.54. The van der Waals surface area contributed by atoms with Crippen LogP contribution in [0.3, 0.4) is 0 Å². The fourth-order valence-corrected chi connectivity index (χ4v) is 4.21. The molecule has 1 saturated heterocycles. The quantitative estimate of drug-likeness (QED) is 0.933. The number of amides is 1. The van der Waals surface area contributed by atoms with Gasteiger partial charge in [-0.25, -0.2) is 0 Å². The zero-order valence-electron chi connectivity index (χ0n) is 14.2. The van der Waals surface area contributed by atoms with Gasteiger partial charge in [0.1, 0.15) is 5.75 Å². The van der Waals surface area contributed by atoms with Crippen molar-refractivity contribution in [2.45, 2.75) is 19.3 Å². The Balaban J connectivity index is 1.57. The molecular weight excluding hydrogens is 318 g/mol. The summed E-state index contributed by atoms with van der Waals surface area (Å²) < 4.78 is 5.40. The van der Waals surface area contributed by atoms with Crippen LogP contribution >= 0.6 is 0 Å². The van der Waals surface area contributed by atoms with Gasteiger partial charge in [0, 0.05) is 24.0 Å². The summed E-state index contributed by atoms with van der Waals surface area (Å²) in [7, 11) is 1.63. The Morgan fingerprint density at radius 2 is 1.80 bits per heavy atom. The molecule has 0 unspecified atom stereocenters. The Kier molecular flexibility index (Phi) is 3.67. The van der Waals surface area contributed by atoms with Crippen LogP contribution in [-0.4, -0.2) is 42.1 Å². The van der Waals surface area contributed by atoms with Crippen LogP contribution in [0.2, 0.25) is 0 Å². The first kappa shape index (κ1) is 15.9. The molecule has 1 amide bonds.